The molecule has 3 aromatic rings. The van der Waals surface area contributed by atoms with Gasteiger partial charge in [-0.05, 0) is 51.5 Å². The Bertz CT molecular complexity index is 897. The number of nitrogens with zero attached hydrogens (tertiary/aromatic N) is 2. The van der Waals surface area contributed by atoms with Crippen LogP contribution in [0.1, 0.15) is 38.1 Å². The van der Waals surface area contributed by atoms with E-state index in [0.29, 0.717) is 6.54 Å². The molecule has 1 amide bonds. The third-order valence-electron chi connectivity index (χ3n) is 4.31. The Morgan fingerprint density at radius 3 is 2.50 bits per heavy atom. The molecule has 3 rings (SSSR count). The van der Waals surface area contributed by atoms with Crippen LogP contribution in [0.15, 0.2) is 48.5 Å². The molecule has 5 heteroatoms. The lowest BCUT2D eigenvalue weighted by Gasteiger charge is -2.14. The average Bonchev–Trinajstić information content (AvgIpc) is 2.97. The number of rotatable bonds is 6. The normalized spacial score (nSPS) is 12.3. The van der Waals surface area contributed by atoms with Crippen LogP contribution in [0.5, 0.6) is 5.75 Å². The van der Waals surface area contributed by atoms with Crippen LogP contribution in [0, 0.1) is 6.92 Å². The predicted octanol–water partition coefficient (Wildman–Crippen LogP) is 4.01. The van der Waals surface area contributed by atoms with Gasteiger partial charge in [0.25, 0.3) is 0 Å². The molecule has 2 aromatic carbocycles. The summed E-state index contributed by atoms with van der Waals surface area (Å²) in [6.45, 7) is 8.30. The van der Waals surface area contributed by atoms with E-state index in [4.69, 9.17) is 4.74 Å². The van der Waals surface area contributed by atoms with E-state index < -0.39 is 0 Å². The van der Waals surface area contributed by atoms with Gasteiger partial charge in [-0.15, -0.1) is 0 Å². The standard InChI is InChI=1S/C21H25N3O2/c1-14(2)26-18-11-9-17(10-12-18)13-22-21(25)16(4)24-20-8-6-5-7-19(20)15(3)23-24/h5-12,14,16H,13H2,1-4H3,(H,22,25). The van der Waals surface area contributed by atoms with Crippen molar-refractivity contribution in [3.8, 4) is 5.75 Å². The predicted molar refractivity (Wildman–Crippen MR) is 103 cm³/mol. The summed E-state index contributed by atoms with van der Waals surface area (Å²) in [5.74, 6) is 0.780. The molecule has 0 radical (unpaired) electrons. The molecular formula is C21H25N3O2. The van der Waals surface area contributed by atoms with Gasteiger partial charge in [0.05, 0.1) is 17.3 Å². The monoisotopic (exact) mass is 351 g/mol. The zero-order chi connectivity index (χ0) is 18.7. The molecule has 0 saturated carbocycles. The Morgan fingerprint density at radius 2 is 1.81 bits per heavy atom. The Hall–Kier alpha value is -2.82. The van der Waals surface area contributed by atoms with Gasteiger partial charge in [0.2, 0.25) is 5.91 Å². The third-order valence-corrected chi connectivity index (χ3v) is 4.31. The molecule has 5 nitrogen and oxygen atoms in total. The average molecular weight is 351 g/mol. The minimum absolute atomic E-state index is 0.0549. The first kappa shape index (κ1) is 18.0. The van der Waals surface area contributed by atoms with E-state index in [-0.39, 0.29) is 18.1 Å². The van der Waals surface area contributed by atoms with Gasteiger partial charge in [0.15, 0.2) is 0 Å². The van der Waals surface area contributed by atoms with Crippen LogP contribution in [0.2, 0.25) is 0 Å². The molecule has 1 unspecified atom stereocenters. The Kier molecular flexibility index (Phi) is 5.26. The number of para-hydroxylation sites is 1. The number of carbonyl (C=O) groups excluding carboxylic acids is 1. The van der Waals surface area contributed by atoms with Crippen LogP contribution in [0.4, 0.5) is 0 Å². The lowest BCUT2D eigenvalue weighted by molar-refractivity contribution is -0.124. The maximum Gasteiger partial charge on any atom is 0.244 e. The van der Waals surface area contributed by atoms with Gasteiger partial charge in [-0.25, -0.2) is 0 Å². The number of hydrogen-bond acceptors (Lipinski definition) is 3. The van der Waals surface area contributed by atoms with E-state index in [1.807, 2.05) is 76.2 Å². The summed E-state index contributed by atoms with van der Waals surface area (Å²) in [5, 5.41) is 8.61. The molecule has 0 aliphatic rings. The molecule has 0 fully saturated rings. The second kappa shape index (κ2) is 7.60. The number of nitrogens with one attached hydrogen (secondary N) is 1. The number of aryl methyl sites for hydroxylation is 1. The molecule has 1 aromatic heterocycles. The smallest absolute Gasteiger partial charge is 0.244 e. The zero-order valence-corrected chi connectivity index (χ0v) is 15.7. The van der Waals surface area contributed by atoms with Gasteiger partial charge in [-0.3, -0.25) is 9.48 Å². The highest BCUT2D eigenvalue weighted by Gasteiger charge is 2.18. The largest absolute Gasteiger partial charge is 0.491 e. The van der Waals surface area contributed by atoms with Gasteiger partial charge >= 0.3 is 0 Å². The van der Waals surface area contributed by atoms with Crippen molar-refractivity contribution in [2.24, 2.45) is 0 Å². The highest BCUT2D eigenvalue weighted by atomic mass is 16.5. The Morgan fingerprint density at radius 1 is 1.12 bits per heavy atom. The van der Waals surface area contributed by atoms with Gasteiger partial charge in [0.1, 0.15) is 11.8 Å². The minimum Gasteiger partial charge on any atom is -0.491 e. The zero-order valence-electron chi connectivity index (χ0n) is 15.7. The number of aromatic nitrogens is 2. The van der Waals surface area contributed by atoms with E-state index in [2.05, 4.69) is 10.4 Å². The van der Waals surface area contributed by atoms with E-state index in [0.717, 1.165) is 27.9 Å². The van der Waals surface area contributed by atoms with Crippen LogP contribution in [0.25, 0.3) is 10.9 Å². The molecule has 1 N–H and O–H groups in total. The second-order valence-corrected chi connectivity index (χ2v) is 6.75. The third kappa shape index (κ3) is 3.87. The van der Waals surface area contributed by atoms with Crippen molar-refractivity contribution in [1.82, 2.24) is 15.1 Å². The van der Waals surface area contributed by atoms with Gasteiger partial charge in [0, 0.05) is 11.9 Å². The first-order valence-electron chi connectivity index (χ1n) is 8.93. The fraction of sp³-hybridized carbons (Fsp3) is 0.333. The number of carbonyl (C=O) groups is 1. The van der Waals surface area contributed by atoms with Gasteiger partial charge < -0.3 is 10.1 Å². The topological polar surface area (TPSA) is 56.2 Å². The molecule has 0 aliphatic carbocycles. The van der Waals surface area contributed by atoms with E-state index in [1.54, 1.807) is 4.68 Å². The molecule has 136 valence electrons. The highest BCUT2D eigenvalue weighted by molar-refractivity contribution is 5.86. The van der Waals surface area contributed by atoms with Crippen molar-refractivity contribution in [1.29, 1.82) is 0 Å². The number of benzene rings is 2. The van der Waals surface area contributed by atoms with Crippen molar-refractivity contribution in [3.05, 3.63) is 59.8 Å². The SMILES string of the molecule is Cc1nn(C(C)C(=O)NCc2ccc(OC(C)C)cc2)c2ccccc12. The Balaban J connectivity index is 1.66. The molecule has 0 saturated heterocycles. The van der Waals surface area contributed by atoms with Crippen LogP contribution in [-0.4, -0.2) is 21.8 Å². The fourth-order valence-corrected chi connectivity index (χ4v) is 2.95. The molecule has 0 aliphatic heterocycles. The van der Waals surface area contributed by atoms with Crippen molar-refractivity contribution in [2.75, 3.05) is 0 Å². The maximum atomic E-state index is 12.6. The highest BCUT2D eigenvalue weighted by Crippen LogP contribution is 2.21. The molecule has 1 heterocycles. The van der Waals surface area contributed by atoms with Crippen molar-refractivity contribution >= 4 is 16.8 Å². The number of amides is 1. The van der Waals surface area contributed by atoms with Crippen LogP contribution < -0.4 is 10.1 Å². The fourth-order valence-electron chi connectivity index (χ4n) is 2.95. The minimum atomic E-state index is -0.378. The molecule has 26 heavy (non-hydrogen) atoms. The van der Waals surface area contributed by atoms with Gasteiger partial charge in [-0.2, -0.15) is 5.10 Å². The van der Waals surface area contributed by atoms with Crippen LogP contribution in [0.3, 0.4) is 0 Å². The van der Waals surface area contributed by atoms with Crippen LogP contribution >= 0.6 is 0 Å². The van der Waals surface area contributed by atoms with Crippen molar-refractivity contribution in [2.45, 2.75) is 46.4 Å². The Labute approximate surface area is 154 Å². The number of fused-ring (bicyclic) bond motifs is 1. The van der Waals surface area contributed by atoms with Crippen LogP contribution in [-0.2, 0) is 11.3 Å². The van der Waals surface area contributed by atoms with Crippen molar-refractivity contribution in [3.63, 3.8) is 0 Å². The summed E-state index contributed by atoms with van der Waals surface area (Å²) in [7, 11) is 0. The van der Waals surface area contributed by atoms with E-state index in [9.17, 15) is 4.79 Å². The number of hydrogen-bond donors (Lipinski definition) is 1. The van der Waals surface area contributed by atoms with Gasteiger partial charge in [-0.1, -0.05) is 30.3 Å². The van der Waals surface area contributed by atoms with Crippen molar-refractivity contribution < 1.29 is 9.53 Å². The lowest BCUT2D eigenvalue weighted by Crippen LogP contribution is -2.31. The molecule has 0 spiro atoms. The summed E-state index contributed by atoms with van der Waals surface area (Å²) in [4.78, 5) is 12.6. The lowest BCUT2D eigenvalue weighted by atomic mass is 10.2. The molecular weight excluding hydrogens is 326 g/mol. The summed E-state index contributed by atoms with van der Waals surface area (Å²) in [6, 6.07) is 15.4. The van der Waals surface area contributed by atoms with E-state index in [1.165, 1.54) is 0 Å². The maximum absolute atomic E-state index is 12.6. The van der Waals surface area contributed by atoms with E-state index >= 15 is 0 Å². The summed E-state index contributed by atoms with van der Waals surface area (Å²) < 4.78 is 7.43. The second-order valence-electron chi connectivity index (χ2n) is 6.75. The number of ether oxygens (including phenoxy) is 1. The quantitative estimate of drug-likeness (QED) is 0.730. The molecule has 0 bridgehead atoms. The molecule has 1 atom stereocenters. The first-order chi connectivity index (χ1) is 12.5. The summed E-state index contributed by atoms with van der Waals surface area (Å²) in [6.07, 6.45) is 0.147. The summed E-state index contributed by atoms with van der Waals surface area (Å²) >= 11 is 0. The first-order valence-corrected chi connectivity index (χ1v) is 8.93. The summed E-state index contributed by atoms with van der Waals surface area (Å²) in [5.41, 5.74) is 2.94.